The van der Waals surface area contributed by atoms with Crippen LogP contribution in [-0.4, -0.2) is 66.4 Å². The van der Waals surface area contributed by atoms with Gasteiger partial charge in [-0.25, -0.2) is 8.78 Å². The SMILES string of the molecule is CC(C)(F)CN1CCC(COc2ccc(C3=CC=CC[C@@]3(F)C(=O)N3CCCC3)cc2C#N)CC1. The van der Waals surface area contributed by atoms with Crippen LogP contribution in [0.5, 0.6) is 5.75 Å². The normalized spacial score (nSPS) is 23.7. The average Bonchev–Trinajstić information content (AvgIpc) is 3.37. The summed E-state index contributed by atoms with van der Waals surface area (Å²) in [5.41, 5.74) is -2.19. The second-order valence-corrected chi connectivity index (χ2v) is 10.6. The number of allylic oxidation sites excluding steroid dienone is 3. The standard InChI is InChI=1S/C28H35F2N3O2/c1-27(2,29)20-32-15-10-21(11-16-32)19-35-25-9-8-22(17-23(25)18-31)24-7-3-4-12-28(24,30)26(34)33-13-5-6-14-33/h3-4,7-9,17,21H,5-6,10-16,19-20H2,1-2H3/t28-/m0/s1. The van der Waals surface area contributed by atoms with Crippen LogP contribution in [0, 0.1) is 17.2 Å². The number of hydrogen-bond donors (Lipinski definition) is 0. The minimum atomic E-state index is -2.13. The zero-order valence-electron chi connectivity index (χ0n) is 20.7. The van der Waals surface area contributed by atoms with Crippen molar-refractivity contribution in [3.05, 3.63) is 47.6 Å². The number of halogens is 2. The van der Waals surface area contributed by atoms with Crippen molar-refractivity contribution in [3.8, 4) is 11.8 Å². The Morgan fingerprint density at radius 2 is 1.94 bits per heavy atom. The zero-order valence-corrected chi connectivity index (χ0v) is 20.7. The molecule has 0 saturated carbocycles. The molecule has 0 bridgehead atoms. The highest BCUT2D eigenvalue weighted by atomic mass is 19.1. The summed E-state index contributed by atoms with van der Waals surface area (Å²) >= 11 is 0. The van der Waals surface area contributed by atoms with Crippen LogP contribution in [0.15, 0.2) is 36.4 Å². The van der Waals surface area contributed by atoms with Gasteiger partial charge in [-0.15, -0.1) is 0 Å². The molecule has 0 N–H and O–H groups in total. The van der Waals surface area contributed by atoms with Crippen molar-refractivity contribution in [1.29, 1.82) is 5.26 Å². The van der Waals surface area contributed by atoms with Gasteiger partial charge in [0.15, 0.2) is 0 Å². The van der Waals surface area contributed by atoms with Crippen molar-refractivity contribution >= 4 is 11.5 Å². The topological polar surface area (TPSA) is 56.6 Å². The minimum absolute atomic E-state index is 0.00735. The molecule has 2 heterocycles. The van der Waals surface area contributed by atoms with Gasteiger partial charge in [0.2, 0.25) is 5.67 Å². The second-order valence-electron chi connectivity index (χ2n) is 10.6. The lowest BCUT2D eigenvalue weighted by Gasteiger charge is -2.34. The third-order valence-electron chi connectivity index (χ3n) is 7.15. The maximum absolute atomic E-state index is 16.2. The third-order valence-corrected chi connectivity index (χ3v) is 7.15. The van der Waals surface area contributed by atoms with Gasteiger partial charge >= 0.3 is 0 Å². The van der Waals surface area contributed by atoms with E-state index < -0.39 is 17.2 Å². The third kappa shape index (κ3) is 5.92. The first kappa shape index (κ1) is 25.4. The molecular formula is C28H35F2N3O2. The van der Waals surface area contributed by atoms with E-state index in [1.54, 1.807) is 55.2 Å². The molecule has 1 aromatic carbocycles. The Bertz CT molecular complexity index is 1030. The quantitative estimate of drug-likeness (QED) is 0.543. The van der Waals surface area contributed by atoms with Gasteiger partial charge in [0, 0.05) is 31.6 Å². The molecule has 0 unspecified atom stereocenters. The number of rotatable bonds is 7. The molecule has 0 radical (unpaired) electrons. The number of nitriles is 1. The van der Waals surface area contributed by atoms with E-state index in [1.807, 2.05) is 0 Å². The van der Waals surface area contributed by atoms with Gasteiger partial charge in [-0.05, 0) is 76.2 Å². The van der Waals surface area contributed by atoms with Crippen molar-refractivity contribution < 1.29 is 18.3 Å². The Morgan fingerprint density at radius 1 is 1.23 bits per heavy atom. The molecule has 35 heavy (non-hydrogen) atoms. The molecule has 1 atom stereocenters. The fraction of sp³-hybridized carbons (Fsp3) is 0.571. The molecule has 5 nitrogen and oxygen atoms in total. The molecule has 1 amide bonds. The summed E-state index contributed by atoms with van der Waals surface area (Å²) in [5, 5.41) is 9.76. The lowest BCUT2D eigenvalue weighted by atomic mass is 9.82. The molecule has 4 rings (SSSR count). The van der Waals surface area contributed by atoms with Crippen LogP contribution >= 0.6 is 0 Å². The van der Waals surface area contributed by atoms with Crippen LogP contribution in [0.4, 0.5) is 8.78 Å². The molecule has 188 valence electrons. The van der Waals surface area contributed by atoms with E-state index in [-0.39, 0.29) is 6.42 Å². The van der Waals surface area contributed by atoms with Crippen LogP contribution in [0.3, 0.4) is 0 Å². The number of likely N-dealkylation sites (tertiary alicyclic amines) is 2. The van der Waals surface area contributed by atoms with Gasteiger partial charge in [0.1, 0.15) is 17.5 Å². The number of piperidine rings is 1. The highest BCUT2D eigenvalue weighted by Crippen LogP contribution is 2.40. The van der Waals surface area contributed by atoms with Gasteiger partial charge in [-0.3, -0.25) is 4.79 Å². The zero-order chi connectivity index (χ0) is 25.1. The molecule has 0 spiro atoms. The van der Waals surface area contributed by atoms with Gasteiger partial charge in [0.05, 0.1) is 12.2 Å². The monoisotopic (exact) mass is 483 g/mol. The molecular weight excluding hydrogens is 448 g/mol. The summed E-state index contributed by atoms with van der Waals surface area (Å²) in [7, 11) is 0. The lowest BCUT2D eigenvalue weighted by molar-refractivity contribution is -0.139. The summed E-state index contributed by atoms with van der Waals surface area (Å²) in [5.74, 6) is 0.306. The second kappa shape index (κ2) is 10.5. The first-order chi connectivity index (χ1) is 16.7. The predicted octanol–water partition coefficient (Wildman–Crippen LogP) is 5.07. The highest BCUT2D eigenvalue weighted by molar-refractivity contribution is 6.01. The van der Waals surface area contributed by atoms with E-state index in [0.717, 1.165) is 38.8 Å². The molecule has 3 aliphatic rings. The summed E-state index contributed by atoms with van der Waals surface area (Å²) in [6, 6.07) is 7.23. The maximum Gasteiger partial charge on any atom is 0.265 e. The van der Waals surface area contributed by atoms with Gasteiger partial charge in [-0.1, -0.05) is 24.3 Å². The summed E-state index contributed by atoms with van der Waals surface area (Å²) in [4.78, 5) is 16.8. The summed E-state index contributed by atoms with van der Waals surface area (Å²) in [6.45, 7) is 6.95. The highest BCUT2D eigenvalue weighted by Gasteiger charge is 2.46. The number of hydrogen-bond acceptors (Lipinski definition) is 4. The van der Waals surface area contributed by atoms with Crippen molar-refractivity contribution in [2.75, 3.05) is 39.3 Å². The molecule has 1 aliphatic carbocycles. The van der Waals surface area contributed by atoms with Crippen LogP contribution in [0.25, 0.3) is 5.57 Å². The summed E-state index contributed by atoms with van der Waals surface area (Å²) in [6.07, 6.45) is 8.70. The van der Waals surface area contributed by atoms with Gasteiger partial charge < -0.3 is 14.5 Å². The minimum Gasteiger partial charge on any atom is -0.492 e. The Kier molecular flexibility index (Phi) is 7.61. The number of benzene rings is 1. The molecule has 7 heteroatoms. The van der Waals surface area contributed by atoms with Crippen LogP contribution < -0.4 is 4.74 Å². The smallest absolute Gasteiger partial charge is 0.265 e. The Morgan fingerprint density at radius 3 is 2.60 bits per heavy atom. The van der Waals surface area contributed by atoms with Crippen molar-refractivity contribution in [3.63, 3.8) is 0 Å². The van der Waals surface area contributed by atoms with Gasteiger partial charge in [-0.2, -0.15) is 5.26 Å². The predicted molar refractivity (Wildman–Crippen MR) is 132 cm³/mol. The largest absolute Gasteiger partial charge is 0.492 e. The molecule has 1 aromatic rings. The van der Waals surface area contributed by atoms with E-state index in [9.17, 15) is 14.4 Å². The number of ether oxygens (including phenoxy) is 1. The average molecular weight is 484 g/mol. The van der Waals surface area contributed by atoms with Gasteiger partial charge in [0.25, 0.3) is 5.91 Å². The number of alkyl halides is 2. The molecule has 2 saturated heterocycles. The van der Waals surface area contributed by atoms with Crippen LogP contribution in [0.2, 0.25) is 0 Å². The van der Waals surface area contributed by atoms with Crippen LogP contribution in [-0.2, 0) is 4.79 Å². The van der Waals surface area contributed by atoms with Crippen molar-refractivity contribution in [1.82, 2.24) is 9.80 Å². The fourth-order valence-electron chi connectivity index (χ4n) is 5.30. The Labute approximate surface area is 207 Å². The summed E-state index contributed by atoms with van der Waals surface area (Å²) < 4.78 is 36.1. The van der Waals surface area contributed by atoms with Crippen molar-refractivity contribution in [2.45, 2.75) is 57.3 Å². The fourth-order valence-corrected chi connectivity index (χ4v) is 5.30. The molecule has 0 aromatic heterocycles. The Hall–Kier alpha value is -2.72. The van der Waals surface area contributed by atoms with Crippen molar-refractivity contribution in [2.24, 2.45) is 5.92 Å². The number of carbonyl (C=O) groups excluding carboxylic acids is 1. The van der Waals surface area contributed by atoms with E-state index in [1.165, 1.54) is 0 Å². The lowest BCUT2D eigenvalue weighted by Crippen LogP contribution is -2.46. The van der Waals surface area contributed by atoms with E-state index in [4.69, 9.17) is 4.74 Å². The first-order valence-electron chi connectivity index (χ1n) is 12.6. The maximum atomic E-state index is 16.2. The number of carbonyl (C=O) groups is 1. The number of nitrogens with zero attached hydrogens (tertiary/aromatic N) is 3. The van der Waals surface area contributed by atoms with E-state index >= 15 is 4.39 Å². The van der Waals surface area contributed by atoms with E-state index in [0.29, 0.717) is 54.6 Å². The number of amides is 1. The molecule has 2 fully saturated rings. The molecule has 2 aliphatic heterocycles. The first-order valence-corrected chi connectivity index (χ1v) is 12.6. The Balaban J connectivity index is 1.43. The van der Waals surface area contributed by atoms with E-state index in [2.05, 4.69) is 11.0 Å². The van der Waals surface area contributed by atoms with Crippen LogP contribution in [0.1, 0.15) is 57.1 Å².